The van der Waals surface area contributed by atoms with Gasteiger partial charge < -0.3 is 10.0 Å². The number of hydrogen-bond donors (Lipinski definition) is 1. The number of benzene rings is 1. The van der Waals surface area contributed by atoms with Crippen LogP contribution in [0, 0.1) is 17.6 Å². The standard InChI is InChI=1S/C23H23F2N5O3S/c1-12-4-3-5-18-28(2)23(33)19-21(32)20(31)15(11-30(19)29(18)10-12)22-27-26-17(34-22)8-13-6-7-14(24)9-16(13)25/h6-7,9,11-12,18,32H,3-5,8,10H2,1-2H3/t12-,18-/m0/s1. The predicted molar refractivity (Wildman–Crippen MR) is 122 cm³/mol. The molecule has 2 aromatic heterocycles. The maximum absolute atomic E-state index is 14.1. The van der Waals surface area contributed by atoms with Crippen molar-refractivity contribution in [2.45, 2.75) is 38.8 Å². The number of fused-ring (bicyclic) bond motifs is 3. The van der Waals surface area contributed by atoms with Gasteiger partial charge in [-0.2, -0.15) is 0 Å². The van der Waals surface area contributed by atoms with Crippen LogP contribution in [0.25, 0.3) is 10.6 Å². The summed E-state index contributed by atoms with van der Waals surface area (Å²) in [4.78, 5) is 27.6. The lowest BCUT2D eigenvalue weighted by Crippen LogP contribution is -2.60. The lowest BCUT2D eigenvalue weighted by atomic mass is 10.1. The van der Waals surface area contributed by atoms with E-state index >= 15 is 0 Å². The molecule has 0 bridgehead atoms. The number of carbonyl (C=O) groups excluding carboxylic acids is 1. The molecule has 2 aliphatic rings. The van der Waals surface area contributed by atoms with Crippen LogP contribution in [0.3, 0.4) is 0 Å². The third-order valence-corrected chi connectivity index (χ3v) is 7.42. The first-order valence-corrected chi connectivity index (χ1v) is 11.9. The maximum atomic E-state index is 14.1. The number of carbonyl (C=O) groups is 1. The van der Waals surface area contributed by atoms with E-state index in [0.29, 0.717) is 17.5 Å². The Labute approximate surface area is 198 Å². The average Bonchev–Trinajstić information content (AvgIpc) is 3.16. The summed E-state index contributed by atoms with van der Waals surface area (Å²) in [7, 11) is 1.68. The number of aromatic nitrogens is 3. The van der Waals surface area contributed by atoms with Gasteiger partial charge in [0.25, 0.3) is 5.91 Å². The second-order valence-electron chi connectivity index (χ2n) is 8.88. The Bertz CT molecular complexity index is 1340. The molecule has 178 valence electrons. The minimum Gasteiger partial charge on any atom is -0.502 e. The molecule has 1 amide bonds. The molecular formula is C23H23F2N5O3S. The van der Waals surface area contributed by atoms with Crippen LogP contribution in [0.1, 0.15) is 47.2 Å². The molecule has 1 aromatic carbocycles. The van der Waals surface area contributed by atoms with Crippen LogP contribution in [-0.2, 0) is 6.42 Å². The fourth-order valence-corrected chi connectivity index (χ4v) is 5.53. The van der Waals surface area contributed by atoms with Crippen LogP contribution in [0.2, 0.25) is 0 Å². The van der Waals surface area contributed by atoms with Crippen molar-refractivity contribution < 1.29 is 18.7 Å². The van der Waals surface area contributed by atoms with Crippen molar-refractivity contribution in [1.29, 1.82) is 0 Å². The molecule has 0 saturated carbocycles. The van der Waals surface area contributed by atoms with Gasteiger partial charge in [-0.05, 0) is 36.8 Å². The molecular weight excluding hydrogens is 464 g/mol. The normalized spacial score (nSPS) is 20.2. The average molecular weight is 488 g/mol. The zero-order valence-corrected chi connectivity index (χ0v) is 19.5. The van der Waals surface area contributed by atoms with E-state index in [1.165, 1.54) is 18.3 Å². The molecule has 0 spiro atoms. The van der Waals surface area contributed by atoms with Gasteiger partial charge in [0.05, 0.1) is 5.56 Å². The predicted octanol–water partition coefficient (Wildman–Crippen LogP) is 3.11. The third-order valence-electron chi connectivity index (χ3n) is 6.47. The zero-order valence-electron chi connectivity index (χ0n) is 18.7. The third kappa shape index (κ3) is 3.73. The van der Waals surface area contributed by atoms with Gasteiger partial charge in [-0.15, -0.1) is 10.2 Å². The molecule has 2 atom stereocenters. The minimum absolute atomic E-state index is 0.0697. The van der Waals surface area contributed by atoms with Crippen LogP contribution in [0.5, 0.6) is 5.75 Å². The largest absolute Gasteiger partial charge is 0.502 e. The number of pyridine rings is 1. The quantitative estimate of drug-likeness (QED) is 0.611. The van der Waals surface area contributed by atoms with Gasteiger partial charge in [0, 0.05) is 32.3 Å². The number of amides is 1. The van der Waals surface area contributed by atoms with Crippen LogP contribution < -0.4 is 10.4 Å². The number of hydrogen-bond acceptors (Lipinski definition) is 7. The summed E-state index contributed by atoms with van der Waals surface area (Å²) in [5.41, 5.74) is -0.425. The number of aromatic hydroxyl groups is 1. The van der Waals surface area contributed by atoms with Crippen molar-refractivity contribution in [3.8, 4) is 16.3 Å². The molecule has 34 heavy (non-hydrogen) atoms. The molecule has 0 unspecified atom stereocenters. The molecule has 1 saturated heterocycles. The lowest BCUT2D eigenvalue weighted by Gasteiger charge is -2.45. The van der Waals surface area contributed by atoms with Gasteiger partial charge in [-0.3, -0.25) is 19.3 Å². The van der Waals surface area contributed by atoms with E-state index in [2.05, 4.69) is 17.1 Å². The molecule has 11 heteroatoms. The maximum Gasteiger partial charge on any atom is 0.277 e. The summed E-state index contributed by atoms with van der Waals surface area (Å²) in [5.74, 6) is -2.04. The Kier molecular flexibility index (Phi) is 5.59. The van der Waals surface area contributed by atoms with Crippen molar-refractivity contribution in [2.75, 3.05) is 18.6 Å². The molecule has 3 aromatic rings. The first-order valence-electron chi connectivity index (χ1n) is 11.0. The molecule has 0 radical (unpaired) electrons. The summed E-state index contributed by atoms with van der Waals surface area (Å²) < 4.78 is 28.8. The highest BCUT2D eigenvalue weighted by molar-refractivity contribution is 7.14. The lowest BCUT2D eigenvalue weighted by molar-refractivity contribution is 0.0625. The van der Waals surface area contributed by atoms with E-state index in [-0.39, 0.29) is 34.4 Å². The van der Waals surface area contributed by atoms with Crippen molar-refractivity contribution in [2.24, 2.45) is 5.92 Å². The van der Waals surface area contributed by atoms with Gasteiger partial charge in [-0.25, -0.2) is 8.78 Å². The highest BCUT2D eigenvalue weighted by Crippen LogP contribution is 2.32. The Hall–Kier alpha value is -3.34. The Morgan fingerprint density at radius 3 is 2.76 bits per heavy atom. The summed E-state index contributed by atoms with van der Waals surface area (Å²) in [6.07, 6.45) is 4.19. The monoisotopic (exact) mass is 487 g/mol. The number of nitrogens with zero attached hydrogens (tertiary/aromatic N) is 5. The van der Waals surface area contributed by atoms with Crippen molar-refractivity contribution >= 4 is 17.2 Å². The molecule has 1 N–H and O–H groups in total. The van der Waals surface area contributed by atoms with Crippen LogP contribution in [0.4, 0.5) is 8.78 Å². The van der Waals surface area contributed by atoms with E-state index in [0.717, 1.165) is 36.7 Å². The summed E-state index contributed by atoms with van der Waals surface area (Å²) >= 11 is 1.08. The number of rotatable bonds is 3. The molecule has 5 rings (SSSR count). The Balaban J connectivity index is 1.56. The van der Waals surface area contributed by atoms with Crippen LogP contribution in [0.15, 0.2) is 29.2 Å². The van der Waals surface area contributed by atoms with E-state index in [4.69, 9.17) is 0 Å². The van der Waals surface area contributed by atoms with Crippen LogP contribution in [-0.4, -0.2) is 50.5 Å². The number of halogens is 2. The Morgan fingerprint density at radius 2 is 2.00 bits per heavy atom. The van der Waals surface area contributed by atoms with E-state index < -0.39 is 28.7 Å². The van der Waals surface area contributed by atoms with Gasteiger partial charge in [0.2, 0.25) is 5.43 Å². The van der Waals surface area contributed by atoms with E-state index in [9.17, 15) is 23.5 Å². The van der Waals surface area contributed by atoms with Gasteiger partial charge in [0.15, 0.2) is 16.5 Å². The molecule has 0 aliphatic carbocycles. The van der Waals surface area contributed by atoms with Gasteiger partial charge in [0.1, 0.15) is 22.8 Å². The van der Waals surface area contributed by atoms with Crippen molar-refractivity contribution in [3.05, 3.63) is 62.5 Å². The minimum atomic E-state index is -0.718. The fraction of sp³-hybridized carbons (Fsp3) is 0.391. The summed E-state index contributed by atoms with van der Waals surface area (Å²) in [5, 5.41) is 21.6. The highest BCUT2D eigenvalue weighted by atomic mass is 32.1. The topological polar surface area (TPSA) is 91.6 Å². The van der Waals surface area contributed by atoms with E-state index in [1.807, 2.05) is 5.01 Å². The van der Waals surface area contributed by atoms with Crippen LogP contribution >= 0.6 is 11.3 Å². The first kappa shape index (κ1) is 22.5. The second-order valence-corrected chi connectivity index (χ2v) is 9.94. The molecule has 2 aliphatic heterocycles. The van der Waals surface area contributed by atoms with E-state index in [1.54, 1.807) is 16.6 Å². The Morgan fingerprint density at radius 1 is 1.21 bits per heavy atom. The van der Waals surface area contributed by atoms with Crippen molar-refractivity contribution in [3.63, 3.8) is 0 Å². The SMILES string of the molecule is C[C@H]1CCC[C@H]2N(C)C(=O)c3c(O)c(=O)c(-c4nnc(Cc5ccc(F)cc5F)s4)cn3N2C1. The fourth-order valence-electron chi connectivity index (χ4n) is 4.66. The smallest absolute Gasteiger partial charge is 0.277 e. The zero-order chi connectivity index (χ0) is 24.1. The summed E-state index contributed by atoms with van der Waals surface area (Å²) in [6, 6.07) is 3.31. The van der Waals surface area contributed by atoms with Crippen molar-refractivity contribution in [1.82, 2.24) is 19.8 Å². The second kappa shape index (κ2) is 8.46. The van der Waals surface area contributed by atoms with Gasteiger partial charge >= 0.3 is 0 Å². The molecule has 8 nitrogen and oxygen atoms in total. The summed E-state index contributed by atoms with van der Waals surface area (Å²) in [6.45, 7) is 2.79. The van der Waals surface area contributed by atoms with Gasteiger partial charge in [-0.1, -0.05) is 24.3 Å². The molecule has 4 heterocycles. The molecule has 1 fully saturated rings. The first-order chi connectivity index (χ1) is 16.2. The highest BCUT2D eigenvalue weighted by Gasteiger charge is 2.39.